The van der Waals surface area contributed by atoms with Crippen LogP contribution in [0.4, 0.5) is 0 Å². The van der Waals surface area contributed by atoms with Crippen LogP contribution in [0.5, 0.6) is 0 Å². The predicted molar refractivity (Wildman–Crippen MR) is 322 cm³/mol. The van der Waals surface area contributed by atoms with Crippen LogP contribution in [0, 0.1) is 0 Å². The van der Waals surface area contributed by atoms with Crippen LogP contribution in [0.3, 0.4) is 0 Å². The van der Waals surface area contributed by atoms with Crippen LogP contribution in [-0.2, 0) is 34.5 Å². The zero-order valence-electron chi connectivity index (χ0n) is 45.5. The number of hydrogen-bond donors (Lipinski definition) is 0. The molecule has 0 spiro atoms. The maximum atomic E-state index is 7.01. The molecule has 1 unspecified atom stereocenters. The van der Waals surface area contributed by atoms with Gasteiger partial charge in [-0.25, -0.2) is 0 Å². The first kappa shape index (κ1) is 44.7. The summed E-state index contributed by atoms with van der Waals surface area (Å²) in [5.41, 5.74) is 30.7. The average Bonchev–Trinajstić information content (AvgIpc) is 4.23. The van der Waals surface area contributed by atoms with E-state index < -0.39 is 0 Å². The number of rotatable bonds is 5. The first-order valence-electron chi connectivity index (χ1n) is 28.1. The van der Waals surface area contributed by atoms with Gasteiger partial charge in [-0.1, -0.05) is 189 Å². The van der Waals surface area contributed by atoms with Crippen molar-refractivity contribution in [1.29, 1.82) is 0 Å². The summed E-state index contributed by atoms with van der Waals surface area (Å²) in [4.78, 5) is 0. The third-order valence-corrected chi connectivity index (χ3v) is 19.8. The summed E-state index contributed by atoms with van der Waals surface area (Å²) in [5, 5.41) is 7.18. The van der Waals surface area contributed by atoms with Crippen LogP contribution in [-0.4, -0.2) is 0 Å². The molecule has 17 rings (SSSR count). The molecule has 0 radical (unpaired) electrons. The molecule has 0 aliphatic heterocycles. The summed E-state index contributed by atoms with van der Waals surface area (Å²) >= 11 is 0. The zero-order valence-corrected chi connectivity index (χ0v) is 45.5. The summed E-state index contributed by atoms with van der Waals surface area (Å²) in [5.74, 6) is 0.183. The zero-order chi connectivity index (χ0) is 52.5. The fraction of sp³-hybridized carbons (Fsp3) is 0.200. The Bertz CT molecular complexity index is 4860. The lowest BCUT2D eigenvalue weighted by Crippen LogP contribution is -2.24. The molecule has 4 aliphatic rings. The first-order valence-corrected chi connectivity index (χ1v) is 28.1. The third-order valence-electron chi connectivity index (χ3n) is 19.8. The molecule has 0 saturated carbocycles. The Morgan fingerprint density at radius 1 is 0.321 bits per heavy atom. The topological polar surface area (TPSA) is 39.4 Å². The van der Waals surface area contributed by atoms with E-state index in [1.54, 1.807) is 0 Å². The lowest BCUT2D eigenvalue weighted by atomic mass is 9.72. The molecule has 3 aromatic heterocycles. The van der Waals surface area contributed by atoms with Crippen LogP contribution in [0.1, 0.15) is 123 Å². The lowest BCUT2D eigenvalue weighted by Gasteiger charge is -2.31. The van der Waals surface area contributed by atoms with Gasteiger partial charge in [-0.15, -0.1) is 0 Å². The second-order valence-electron chi connectivity index (χ2n) is 25.5. The van der Waals surface area contributed by atoms with Crippen molar-refractivity contribution in [2.75, 3.05) is 0 Å². The Hall–Kier alpha value is -8.40. The second kappa shape index (κ2) is 14.8. The minimum absolute atomic E-state index is 0.170. The SMILES string of the molecule is CC1(C)c2cc(C(Cc3ccc4c(c3)C(C)(C)c3c5c(c6oc7ccccc7c6c3-4)-c3ccccc3C5(C)C)Cc3ccc4c(c3)oc3ccccc34)ccc2-c2cc3c(cc21)-c1c(ccc2oc4ccccc4c12)C3(C)C. The second-order valence-corrected chi connectivity index (χ2v) is 25.5. The summed E-state index contributed by atoms with van der Waals surface area (Å²) in [6.45, 7) is 19.5. The number of fused-ring (bicyclic) bond motifs is 25. The average molecular weight is 1010 g/mol. The molecule has 3 heteroatoms. The van der Waals surface area contributed by atoms with Crippen LogP contribution >= 0.6 is 0 Å². The van der Waals surface area contributed by atoms with E-state index in [4.69, 9.17) is 13.3 Å². The largest absolute Gasteiger partial charge is 0.456 e. The van der Waals surface area contributed by atoms with Crippen molar-refractivity contribution in [3.05, 3.63) is 237 Å². The van der Waals surface area contributed by atoms with Gasteiger partial charge >= 0.3 is 0 Å². The molecule has 10 aromatic carbocycles. The van der Waals surface area contributed by atoms with Gasteiger partial charge in [-0.05, 0) is 161 Å². The maximum absolute atomic E-state index is 7.01. The molecule has 3 nitrogen and oxygen atoms in total. The minimum atomic E-state index is -0.270. The normalized spacial score (nSPS) is 16.7. The van der Waals surface area contributed by atoms with Crippen LogP contribution in [0.25, 0.3) is 110 Å². The van der Waals surface area contributed by atoms with Crippen LogP contribution < -0.4 is 0 Å². The molecule has 376 valence electrons. The highest BCUT2D eigenvalue weighted by Gasteiger charge is 2.49. The number of para-hydroxylation sites is 3. The van der Waals surface area contributed by atoms with E-state index in [0.29, 0.717) is 0 Å². The molecule has 3 heterocycles. The van der Waals surface area contributed by atoms with E-state index in [1.807, 2.05) is 0 Å². The van der Waals surface area contributed by atoms with Gasteiger partial charge < -0.3 is 13.3 Å². The fourth-order valence-electron chi connectivity index (χ4n) is 16.0. The summed E-state index contributed by atoms with van der Waals surface area (Å²) in [6, 6.07) is 66.2. The van der Waals surface area contributed by atoms with Crippen molar-refractivity contribution in [2.24, 2.45) is 0 Å². The molecule has 0 fully saturated rings. The Labute approximate surface area is 454 Å². The van der Waals surface area contributed by atoms with E-state index in [2.05, 4.69) is 231 Å². The molecule has 1 atom stereocenters. The number of benzene rings is 10. The van der Waals surface area contributed by atoms with Gasteiger partial charge in [-0.3, -0.25) is 0 Å². The van der Waals surface area contributed by atoms with Gasteiger partial charge in [-0.2, -0.15) is 0 Å². The van der Waals surface area contributed by atoms with E-state index in [0.717, 1.165) is 51.7 Å². The molecule has 0 N–H and O–H groups in total. The smallest absolute Gasteiger partial charge is 0.144 e. The number of hydrogen-bond acceptors (Lipinski definition) is 3. The summed E-state index contributed by atoms with van der Waals surface area (Å²) in [7, 11) is 0. The summed E-state index contributed by atoms with van der Waals surface area (Å²) < 4.78 is 20.0. The molecular formula is C75H58O3. The monoisotopic (exact) mass is 1010 g/mol. The Balaban J connectivity index is 0.811. The highest BCUT2D eigenvalue weighted by molar-refractivity contribution is 6.21. The van der Waals surface area contributed by atoms with Crippen molar-refractivity contribution < 1.29 is 13.3 Å². The van der Waals surface area contributed by atoms with Crippen molar-refractivity contribution in [3.8, 4) is 44.5 Å². The van der Waals surface area contributed by atoms with Crippen LogP contribution in [0.2, 0.25) is 0 Å². The first-order chi connectivity index (χ1) is 37.7. The predicted octanol–water partition coefficient (Wildman–Crippen LogP) is 20.2. The highest BCUT2D eigenvalue weighted by atomic mass is 16.3. The minimum Gasteiger partial charge on any atom is -0.456 e. The number of furan rings is 3. The van der Waals surface area contributed by atoms with Gasteiger partial charge in [0, 0.05) is 59.5 Å². The quantitative estimate of drug-likeness (QED) is 0.172. The Kier molecular flexibility index (Phi) is 8.47. The molecule has 13 aromatic rings. The van der Waals surface area contributed by atoms with E-state index in [9.17, 15) is 0 Å². The van der Waals surface area contributed by atoms with Gasteiger partial charge in [0.1, 0.15) is 33.5 Å². The van der Waals surface area contributed by atoms with Crippen LogP contribution in [0.15, 0.2) is 189 Å². The Morgan fingerprint density at radius 2 is 0.859 bits per heavy atom. The van der Waals surface area contributed by atoms with Gasteiger partial charge in [0.25, 0.3) is 0 Å². The molecule has 0 bridgehead atoms. The standard InChI is InChI=1S/C75H58O3/c1-72(2)54-31-32-62-65(49-19-11-15-23-60(49)76-62)64(54)52-39-57-51(38-58(52)72)44-30-27-42(37-56(44)73(57,3)4)43(34-41-25-28-46-45-17-10-14-22-59(45)77-63(46)36-41)33-40-26-29-48-55(35-40)75(7,8)69-66(48)67-50-20-12-16-24-61(50)78-71(67)68-47-18-9-13-21-53(47)74(5,6)70(68)69/h9-32,35-39,43H,33-34H2,1-8H3. The molecule has 0 amide bonds. The maximum Gasteiger partial charge on any atom is 0.144 e. The Morgan fingerprint density at radius 3 is 1.65 bits per heavy atom. The van der Waals surface area contributed by atoms with Crippen molar-refractivity contribution in [3.63, 3.8) is 0 Å². The van der Waals surface area contributed by atoms with Gasteiger partial charge in [0.15, 0.2) is 0 Å². The fourth-order valence-corrected chi connectivity index (χ4v) is 16.0. The van der Waals surface area contributed by atoms with Crippen molar-refractivity contribution in [2.45, 2.75) is 95.8 Å². The van der Waals surface area contributed by atoms with Crippen molar-refractivity contribution >= 4 is 65.8 Å². The molecule has 0 saturated heterocycles. The van der Waals surface area contributed by atoms with E-state index in [-0.39, 0.29) is 27.6 Å². The molecular weight excluding hydrogens is 949 g/mol. The van der Waals surface area contributed by atoms with E-state index in [1.165, 1.54) is 133 Å². The molecule has 4 aliphatic carbocycles. The lowest BCUT2D eigenvalue weighted by molar-refractivity contribution is 0.598. The van der Waals surface area contributed by atoms with Gasteiger partial charge in [0.05, 0.1) is 0 Å². The summed E-state index contributed by atoms with van der Waals surface area (Å²) in [6.07, 6.45) is 1.76. The van der Waals surface area contributed by atoms with E-state index >= 15 is 0 Å². The highest BCUT2D eigenvalue weighted by Crippen LogP contribution is 2.64. The van der Waals surface area contributed by atoms with Gasteiger partial charge in [0.2, 0.25) is 0 Å². The molecule has 78 heavy (non-hydrogen) atoms. The van der Waals surface area contributed by atoms with Crippen molar-refractivity contribution in [1.82, 2.24) is 0 Å². The third kappa shape index (κ3) is 5.59.